The van der Waals surface area contributed by atoms with Gasteiger partial charge in [0.1, 0.15) is 0 Å². The van der Waals surface area contributed by atoms with Gasteiger partial charge in [-0.1, -0.05) is 116 Å². The molecule has 0 aliphatic heterocycles. The standard InChI is InChI=1S/C45H74/c1-3-11-30(12-4-1)37-23-38(36-20-19-32-15-7-8-16-33(32)21-36)25-40(24-37)43-27-39(31-13-5-2-6-14-31)28-44-42-26-35-18-10-9-17-34(35)22-41(42)29-45(43)44/h30-45H,1-29H2. The average Bonchev–Trinajstić information content (AvgIpc) is 3.47. The first kappa shape index (κ1) is 31.0. The van der Waals surface area contributed by atoms with Crippen molar-refractivity contribution in [2.45, 2.75) is 186 Å². The Bertz CT molecular complexity index is 953. The molecule has 0 heterocycles. The van der Waals surface area contributed by atoms with Gasteiger partial charge in [-0.05, 0) is 165 Å². The molecule has 0 saturated heterocycles. The molecule has 9 aliphatic rings. The number of hydrogen-bond acceptors (Lipinski definition) is 0. The van der Waals surface area contributed by atoms with E-state index in [4.69, 9.17) is 0 Å². The lowest BCUT2D eigenvalue weighted by Crippen LogP contribution is -2.43. The van der Waals surface area contributed by atoms with Gasteiger partial charge in [-0.25, -0.2) is 0 Å². The van der Waals surface area contributed by atoms with E-state index in [0.29, 0.717) is 0 Å². The minimum Gasteiger partial charge on any atom is -0.0533 e. The fourth-order valence-electron chi connectivity index (χ4n) is 16.5. The maximum atomic E-state index is 1.70. The molecule has 254 valence electrons. The number of fused-ring (bicyclic) bond motifs is 5. The van der Waals surface area contributed by atoms with Gasteiger partial charge in [0.25, 0.3) is 0 Å². The molecule has 0 bridgehead atoms. The zero-order chi connectivity index (χ0) is 29.7. The lowest BCUT2D eigenvalue weighted by Gasteiger charge is -2.52. The zero-order valence-corrected chi connectivity index (χ0v) is 29.7. The van der Waals surface area contributed by atoms with Gasteiger partial charge >= 0.3 is 0 Å². The molecule has 0 N–H and O–H groups in total. The average molecular weight is 615 g/mol. The monoisotopic (exact) mass is 615 g/mol. The molecule has 9 saturated carbocycles. The molecule has 0 aromatic heterocycles. The minimum atomic E-state index is 1.11. The summed E-state index contributed by atoms with van der Waals surface area (Å²) in [7, 11) is 0. The molecule has 0 amide bonds. The van der Waals surface area contributed by atoms with Crippen LogP contribution < -0.4 is 0 Å². The van der Waals surface area contributed by atoms with E-state index in [0.717, 1.165) is 94.7 Å². The van der Waals surface area contributed by atoms with E-state index in [1.807, 2.05) is 0 Å². The molecule has 9 aliphatic carbocycles. The predicted octanol–water partition coefficient (Wildman–Crippen LogP) is 13.3. The van der Waals surface area contributed by atoms with Gasteiger partial charge in [0.2, 0.25) is 0 Å². The van der Waals surface area contributed by atoms with Crippen molar-refractivity contribution in [2.24, 2.45) is 94.7 Å². The van der Waals surface area contributed by atoms with Crippen LogP contribution in [0.1, 0.15) is 186 Å². The molecule has 0 radical (unpaired) electrons. The van der Waals surface area contributed by atoms with Gasteiger partial charge in [0.05, 0.1) is 0 Å². The van der Waals surface area contributed by atoms with Gasteiger partial charge in [-0.2, -0.15) is 0 Å². The van der Waals surface area contributed by atoms with Crippen molar-refractivity contribution in [1.29, 1.82) is 0 Å². The topological polar surface area (TPSA) is 0 Å². The third-order valence-corrected chi connectivity index (χ3v) is 18.5. The second kappa shape index (κ2) is 13.7. The summed E-state index contributed by atoms with van der Waals surface area (Å²) < 4.78 is 0. The largest absolute Gasteiger partial charge is 0.0533 e. The van der Waals surface area contributed by atoms with Crippen molar-refractivity contribution in [3.8, 4) is 0 Å². The van der Waals surface area contributed by atoms with E-state index in [1.165, 1.54) is 0 Å². The highest BCUT2D eigenvalue weighted by atomic mass is 14.6. The summed E-state index contributed by atoms with van der Waals surface area (Å²) in [4.78, 5) is 0. The van der Waals surface area contributed by atoms with Gasteiger partial charge in [0, 0.05) is 0 Å². The van der Waals surface area contributed by atoms with E-state index >= 15 is 0 Å². The Morgan fingerprint density at radius 1 is 0.156 bits per heavy atom. The van der Waals surface area contributed by atoms with Crippen molar-refractivity contribution in [3.05, 3.63) is 0 Å². The van der Waals surface area contributed by atoms with Gasteiger partial charge in [-0.15, -0.1) is 0 Å². The van der Waals surface area contributed by atoms with E-state index in [1.54, 1.807) is 186 Å². The van der Waals surface area contributed by atoms with Crippen molar-refractivity contribution < 1.29 is 0 Å². The fraction of sp³-hybridized carbons (Fsp3) is 1.00. The Hall–Kier alpha value is 0. The molecule has 9 fully saturated rings. The Balaban J connectivity index is 0.991. The fourth-order valence-corrected chi connectivity index (χ4v) is 16.5. The Morgan fingerprint density at radius 2 is 0.422 bits per heavy atom. The van der Waals surface area contributed by atoms with E-state index < -0.39 is 0 Å². The molecule has 0 aromatic rings. The lowest BCUT2D eigenvalue weighted by molar-refractivity contribution is -0.0250. The van der Waals surface area contributed by atoms with Crippen LogP contribution >= 0.6 is 0 Å². The summed E-state index contributed by atoms with van der Waals surface area (Å²) in [6.45, 7) is 0. The van der Waals surface area contributed by atoms with Crippen molar-refractivity contribution >= 4 is 0 Å². The van der Waals surface area contributed by atoms with E-state index in [-0.39, 0.29) is 0 Å². The van der Waals surface area contributed by atoms with Crippen molar-refractivity contribution in [2.75, 3.05) is 0 Å². The Morgan fingerprint density at radius 3 is 1.04 bits per heavy atom. The van der Waals surface area contributed by atoms with Crippen LogP contribution in [-0.4, -0.2) is 0 Å². The second-order valence-electron chi connectivity index (χ2n) is 20.3. The summed E-state index contributed by atoms with van der Waals surface area (Å²) >= 11 is 0. The molecule has 0 aromatic carbocycles. The predicted molar refractivity (Wildman–Crippen MR) is 190 cm³/mol. The first-order chi connectivity index (χ1) is 22.3. The smallest absolute Gasteiger partial charge is 0.0349 e. The number of rotatable bonds is 4. The molecule has 14 unspecified atom stereocenters. The molecule has 45 heavy (non-hydrogen) atoms. The normalized spacial score (nSPS) is 51.5. The van der Waals surface area contributed by atoms with Crippen LogP contribution in [0.15, 0.2) is 0 Å². The maximum Gasteiger partial charge on any atom is -0.0349 e. The van der Waals surface area contributed by atoms with Crippen LogP contribution in [0, 0.1) is 94.7 Å². The van der Waals surface area contributed by atoms with E-state index in [2.05, 4.69) is 0 Å². The summed E-state index contributed by atoms with van der Waals surface area (Å²) in [6, 6.07) is 0. The minimum absolute atomic E-state index is 1.11. The van der Waals surface area contributed by atoms with E-state index in [9.17, 15) is 0 Å². The summed E-state index contributed by atoms with van der Waals surface area (Å²) in [6.07, 6.45) is 46.8. The molecular formula is C45H74. The summed E-state index contributed by atoms with van der Waals surface area (Å²) in [5, 5.41) is 0. The van der Waals surface area contributed by atoms with Crippen LogP contribution in [0.25, 0.3) is 0 Å². The second-order valence-corrected chi connectivity index (χ2v) is 20.3. The van der Waals surface area contributed by atoms with Crippen molar-refractivity contribution in [3.63, 3.8) is 0 Å². The highest BCUT2D eigenvalue weighted by molar-refractivity contribution is 5.05. The van der Waals surface area contributed by atoms with Gasteiger partial charge in [0.15, 0.2) is 0 Å². The maximum absolute atomic E-state index is 1.70. The first-order valence-electron chi connectivity index (χ1n) is 22.3. The molecule has 9 rings (SSSR count). The number of hydrogen-bond donors (Lipinski definition) is 0. The van der Waals surface area contributed by atoms with Crippen LogP contribution in [0.3, 0.4) is 0 Å². The SMILES string of the molecule is C1CCC(C2CC(C3CCC4CCCCC4C3)CC(C3CC(C4CCCCC4)CC4C5CC6CCCCC6CC5CC34)C2)CC1. The zero-order valence-electron chi connectivity index (χ0n) is 29.7. The molecular weight excluding hydrogens is 540 g/mol. The summed E-state index contributed by atoms with van der Waals surface area (Å²) in [5.41, 5.74) is 0. The Labute approximate surface area is 280 Å². The lowest BCUT2D eigenvalue weighted by atomic mass is 9.53. The highest BCUT2D eigenvalue weighted by Gasteiger charge is 2.56. The van der Waals surface area contributed by atoms with Gasteiger partial charge < -0.3 is 0 Å². The quantitative estimate of drug-likeness (QED) is 0.295. The van der Waals surface area contributed by atoms with Gasteiger partial charge in [-0.3, -0.25) is 0 Å². The molecule has 0 spiro atoms. The Kier molecular flexibility index (Phi) is 9.46. The van der Waals surface area contributed by atoms with Crippen LogP contribution in [0.2, 0.25) is 0 Å². The van der Waals surface area contributed by atoms with Crippen LogP contribution in [0.4, 0.5) is 0 Å². The third-order valence-electron chi connectivity index (χ3n) is 18.5. The first-order valence-corrected chi connectivity index (χ1v) is 22.3. The third kappa shape index (κ3) is 6.30. The molecule has 0 nitrogen and oxygen atoms in total. The van der Waals surface area contributed by atoms with Crippen molar-refractivity contribution in [1.82, 2.24) is 0 Å². The summed E-state index contributed by atoms with van der Waals surface area (Å²) in [5.74, 6) is 18.0. The van der Waals surface area contributed by atoms with Crippen LogP contribution in [0.5, 0.6) is 0 Å². The highest BCUT2D eigenvalue weighted by Crippen LogP contribution is 2.64. The molecule has 0 heteroatoms. The molecule has 14 atom stereocenters. The van der Waals surface area contributed by atoms with Crippen LogP contribution in [-0.2, 0) is 0 Å².